The molecule has 2 aromatic heterocycles. The molecule has 246 valence electrons. The summed E-state index contributed by atoms with van der Waals surface area (Å²) >= 11 is 0. The quantitative estimate of drug-likeness (QED) is 0.174. The predicted octanol–water partition coefficient (Wildman–Crippen LogP) is 7.99. The summed E-state index contributed by atoms with van der Waals surface area (Å²) in [5, 5.41) is 1.97. The number of benzene rings is 3. The van der Waals surface area contributed by atoms with Crippen molar-refractivity contribution in [1.82, 2.24) is 9.55 Å². The number of rotatable bonds is 8. The van der Waals surface area contributed by atoms with Gasteiger partial charge in [0.1, 0.15) is 22.9 Å². The molecule has 0 fully saturated rings. The maximum Gasteiger partial charge on any atom is 0.354 e. The molecule has 8 heteroatoms. The molecule has 0 amide bonds. The lowest BCUT2D eigenvalue weighted by Gasteiger charge is -2.20. The van der Waals surface area contributed by atoms with E-state index < -0.39 is 0 Å². The smallest absolute Gasteiger partial charge is 0.354 e. The van der Waals surface area contributed by atoms with Crippen molar-refractivity contribution in [2.45, 2.75) is 71.8 Å². The molecular weight excluding hydrogens is 592 g/mol. The predicted molar refractivity (Wildman–Crippen MR) is 184 cm³/mol. The molecule has 0 bridgehead atoms. The van der Waals surface area contributed by atoms with Crippen LogP contribution >= 0.6 is 0 Å². The van der Waals surface area contributed by atoms with E-state index >= 15 is 0 Å². The maximum absolute atomic E-state index is 12.7. The van der Waals surface area contributed by atoms with Crippen LogP contribution in [0.25, 0.3) is 21.8 Å². The summed E-state index contributed by atoms with van der Waals surface area (Å²) in [5.74, 6) is 1.07. The number of hydrogen-bond acceptors (Lipinski definition) is 6. The Kier molecular flexibility index (Phi) is 9.85. The van der Waals surface area contributed by atoms with Crippen molar-refractivity contribution in [3.63, 3.8) is 0 Å². The van der Waals surface area contributed by atoms with E-state index in [1.807, 2.05) is 44.2 Å². The summed E-state index contributed by atoms with van der Waals surface area (Å²) in [7, 11) is 3.36. The number of hydrogen-bond donors (Lipinski definition) is 1. The zero-order valence-electron chi connectivity index (χ0n) is 27.9. The van der Waals surface area contributed by atoms with Crippen LogP contribution in [0, 0.1) is 0 Å². The molecule has 5 aromatic rings. The molecule has 1 N–H and O–H groups in total. The number of aromatic amines is 1. The van der Waals surface area contributed by atoms with E-state index in [2.05, 4.69) is 33.8 Å². The Morgan fingerprint density at radius 2 is 1.32 bits per heavy atom. The van der Waals surface area contributed by atoms with Crippen LogP contribution in [0.1, 0.15) is 88.3 Å². The van der Waals surface area contributed by atoms with E-state index in [1.54, 1.807) is 14.2 Å². The van der Waals surface area contributed by atoms with Gasteiger partial charge in [0.25, 0.3) is 0 Å². The molecule has 0 aliphatic heterocycles. The molecule has 0 unspecified atom stereocenters. The highest BCUT2D eigenvalue weighted by molar-refractivity contribution is 6.00. The van der Waals surface area contributed by atoms with Crippen LogP contribution in [0.4, 0.5) is 0 Å². The average Bonchev–Trinajstić information content (AvgIpc) is 3.72. The number of carbonyl (C=O) groups is 2. The van der Waals surface area contributed by atoms with Gasteiger partial charge in [0.15, 0.2) is 0 Å². The molecule has 0 saturated carbocycles. The Morgan fingerprint density at radius 3 is 1.98 bits per heavy atom. The Morgan fingerprint density at radius 1 is 0.723 bits per heavy atom. The molecule has 2 aliphatic rings. The Hall–Kier alpha value is -4.72. The zero-order valence-corrected chi connectivity index (χ0v) is 27.9. The fourth-order valence-corrected chi connectivity index (χ4v) is 7.11. The minimum absolute atomic E-state index is 0.281. The van der Waals surface area contributed by atoms with E-state index in [0.717, 1.165) is 64.6 Å². The fourth-order valence-electron chi connectivity index (χ4n) is 7.11. The van der Waals surface area contributed by atoms with Crippen LogP contribution in [0.5, 0.6) is 11.5 Å². The summed E-state index contributed by atoms with van der Waals surface area (Å²) in [6.45, 7) is 5.02. The second-order valence-corrected chi connectivity index (χ2v) is 12.1. The van der Waals surface area contributed by atoms with Gasteiger partial charge in [-0.05, 0) is 117 Å². The first-order valence-corrected chi connectivity index (χ1v) is 16.8. The number of aromatic nitrogens is 2. The van der Waals surface area contributed by atoms with E-state index in [0.29, 0.717) is 31.1 Å². The van der Waals surface area contributed by atoms with Crippen molar-refractivity contribution in [1.29, 1.82) is 0 Å². The lowest BCUT2D eigenvalue weighted by atomic mass is 9.89. The lowest BCUT2D eigenvalue weighted by Crippen LogP contribution is -2.14. The second-order valence-electron chi connectivity index (χ2n) is 12.1. The lowest BCUT2D eigenvalue weighted by molar-refractivity contribution is 0.0508. The third kappa shape index (κ3) is 6.46. The first kappa shape index (κ1) is 32.2. The van der Waals surface area contributed by atoms with Gasteiger partial charge in [0, 0.05) is 17.3 Å². The number of fused-ring (bicyclic) bond motifs is 6. The Labute approximate surface area is 276 Å². The van der Waals surface area contributed by atoms with E-state index in [4.69, 9.17) is 18.9 Å². The van der Waals surface area contributed by atoms with Gasteiger partial charge in [0.2, 0.25) is 0 Å². The highest BCUT2D eigenvalue weighted by atomic mass is 16.5. The van der Waals surface area contributed by atoms with Crippen molar-refractivity contribution in [3.8, 4) is 11.5 Å². The first-order chi connectivity index (χ1) is 23.0. The monoisotopic (exact) mass is 636 g/mol. The van der Waals surface area contributed by atoms with E-state index in [1.165, 1.54) is 47.9 Å². The SMILES string of the molecule is CCOC(=O)c1cc2c(OC)cc3c(c2[nH]1)CCCC3.CCOC(=O)c1cc2c(OC)cc3c(c2n1Cc1ccccc1)CCCC3. The fraction of sp³-hybridized carbons (Fsp3) is 0.385. The number of ether oxygens (including phenoxy) is 4. The van der Waals surface area contributed by atoms with Gasteiger partial charge < -0.3 is 28.5 Å². The molecule has 2 heterocycles. The van der Waals surface area contributed by atoms with Crippen LogP contribution in [0.3, 0.4) is 0 Å². The summed E-state index contributed by atoms with van der Waals surface area (Å²) in [6, 6.07) is 18.3. The van der Waals surface area contributed by atoms with Gasteiger partial charge in [-0.3, -0.25) is 0 Å². The Bertz CT molecular complexity index is 1900. The summed E-state index contributed by atoms with van der Waals surface area (Å²) in [4.78, 5) is 27.8. The van der Waals surface area contributed by atoms with Gasteiger partial charge in [-0.25, -0.2) is 9.59 Å². The van der Waals surface area contributed by atoms with Crippen molar-refractivity contribution >= 4 is 33.7 Å². The standard InChI is InChI=1S/C23H25NO3.C16H19NO3/c1-3-27-23(25)20-14-19-21(26-2)13-17-11-7-8-12-18(17)22(19)24(20)15-16-9-5-4-6-10-16;1-3-20-16(18)13-9-12-14(19-2)8-10-6-4-5-7-11(10)15(12)17-13/h4-6,9-10,13-14H,3,7-8,11-12,15H2,1-2H3;8-9,17H,3-7H2,1-2H3. The number of nitrogens with zero attached hydrogens (tertiary/aromatic N) is 1. The van der Waals surface area contributed by atoms with Crippen LogP contribution in [0.15, 0.2) is 54.6 Å². The van der Waals surface area contributed by atoms with Crippen LogP contribution in [-0.4, -0.2) is 48.9 Å². The van der Waals surface area contributed by atoms with Gasteiger partial charge in [-0.15, -0.1) is 0 Å². The van der Waals surface area contributed by atoms with Crippen molar-refractivity contribution < 1.29 is 28.5 Å². The minimum Gasteiger partial charge on any atom is -0.496 e. The number of esters is 2. The summed E-state index contributed by atoms with van der Waals surface area (Å²) < 4.78 is 23.7. The number of H-pyrrole nitrogens is 1. The third-order valence-electron chi connectivity index (χ3n) is 9.27. The molecule has 0 radical (unpaired) electrons. The molecule has 0 saturated heterocycles. The molecular formula is C39H44N2O6. The minimum atomic E-state index is -0.310. The van der Waals surface area contributed by atoms with Crippen LogP contribution in [0.2, 0.25) is 0 Å². The largest absolute Gasteiger partial charge is 0.496 e. The number of nitrogens with one attached hydrogen (secondary N) is 1. The molecule has 0 spiro atoms. The molecule has 8 nitrogen and oxygen atoms in total. The first-order valence-electron chi connectivity index (χ1n) is 16.8. The topological polar surface area (TPSA) is 91.8 Å². The maximum atomic E-state index is 12.7. The van der Waals surface area contributed by atoms with Gasteiger partial charge in [0.05, 0.1) is 38.5 Å². The average molecular weight is 637 g/mol. The van der Waals surface area contributed by atoms with Gasteiger partial charge in [-0.2, -0.15) is 0 Å². The zero-order chi connectivity index (χ0) is 32.9. The summed E-state index contributed by atoms with van der Waals surface area (Å²) in [6.07, 6.45) is 9.03. The van der Waals surface area contributed by atoms with Gasteiger partial charge in [-0.1, -0.05) is 30.3 Å². The highest BCUT2D eigenvalue weighted by Gasteiger charge is 2.25. The van der Waals surface area contributed by atoms with E-state index in [9.17, 15) is 9.59 Å². The molecule has 0 atom stereocenters. The summed E-state index contributed by atoms with van der Waals surface area (Å²) in [5.41, 5.74) is 9.75. The van der Waals surface area contributed by atoms with Crippen molar-refractivity contribution in [2.24, 2.45) is 0 Å². The highest BCUT2D eigenvalue weighted by Crippen LogP contribution is 2.39. The van der Waals surface area contributed by atoms with Crippen molar-refractivity contribution in [3.05, 3.63) is 93.8 Å². The normalized spacial score (nSPS) is 13.7. The van der Waals surface area contributed by atoms with Crippen LogP contribution < -0.4 is 9.47 Å². The van der Waals surface area contributed by atoms with Crippen molar-refractivity contribution in [2.75, 3.05) is 27.4 Å². The molecule has 3 aromatic carbocycles. The van der Waals surface area contributed by atoms with E-state index in [-0.39, 0.29) is 11.9 Å². The number of carbonyl (C=O) groups excluding carboxylic acids is 2. The third-order valence-corrected chi connectivity index (χ3v) is 9.27. The molecule has 2 aliphatic carbocycles. The second kappa shape index (κ2) is 14.4. The molecule has 7 rings (SSSR count). The number of aryl methyl sites for hydroxylation is 4. The Balaban J connectivity index is 0.000000172. The number of methoxy groups -OCH3 is 2. The molecule has 47 heavy (non-hydrogen) atoms. The van der Waals surface area contributed by atoms with Crippen LogP contribution in [-0.2, 0) is 41.7 Å². The van der Waals surface area contributed by atoms with Gasteiger partial charge >= 0.3 is 11.9 Å².